The summed E-state index contributed by atoms with van der Waals surface area (Å²) in [6.45, 7) is 7.35. The normalized spacial score (nSPS) is 29.2. The minimum absolute atomic E-state index is 0.0314. The molecule has 8 nitrogen and oxygen atoms in total. The molecule has 4 aliphatic rings. The summed E-state index contributed by atoms with van der Waals surface area (Å²) in [6, 6.07) is 3.80. The second kappa shape index (κ2) is 9.76. The first kappa shape index (κ1) is 24.0. The van der Waals surface area contributed by atoms with Gasteiger partial charge in [0.05, 0.1) is 30.4 Å². The highest BCUT2D eigenvalue weighted by atomic mass is 19.1. The Balaban J connectivity index is 1.35. The molecule has 1 saturated carbocycles. The summed E-state index contributed by atoms with van der Waals surface area (Å²) in [5.41, 5.74) is 4.01. The molecule has 0 bridgehead atoms. The van der Waals surface area contributed by atoms with Gasteiger partial charge in [0.2, 0.25) is 5.91 Å². The molecule has 3 amide bonds. The van der Waals surface area contributed by atoms with Crippen LogP contribution in [0.5, 0.6) is 0 Å². The van der Waals surface area contributed by atoms with Gasteiger partial charge in [-0.25, -0.2) is 4.39 Å². The van der Waals surface area contributed by atoms with E-state index in [1.807, 2.05) is 17.9 Å². The number of nitrogens with one attached hydrogen (secondary N) is 2. The molecule has 3 aliphatic heterocycles. The molecule has 3 unspecified atom stereocenters. The third-order valence-electron chi connectivity index (χ3n) is 7.62. The van der Waals surface area contributed by atoms with Gasteiger partial charge in [-0.15, -0.1) is 0 Å². The second-order valence-corrected chi connectivity index (χ2v) is 10.5. The molecule has 1 aliphatic carbocycles. The van der Waals surface area contributed by atoms with Crippen LogP contribution < -0.4 is 15.5 Å². The monoisotopic (exact) mass is 486 g/mol. The van der Waals surface area contributed by atoms with Crippen LogP contribution in [0.1, 0.15) is 60.0 Å². The number of ether oxygens (including phenoxy) is 1. The summed E-state index contributed by atoms with van der Waals surface area (Å²) in [4.78, 5) is 42.4. The quantitative estimate of drug-likeness (QED) is 0.664. The van der Waals surface area contributed by atoms with Gasteiger partial charge in [-0.1, -0.05) is 6.07 Å². The fourth-order valence-corrected chi connectivity index (χ4v) is 5.66. The number of carbonyl (C=O) groups is 3. The van der Waals surface area contributed by atoms with Crippen molar-refractivity contribution in [3.05, 3.63) is 28.8 Å². The SMILES string of the molecule is Cc1cc(C(=O)N2CCOCC2)c(N2CC[C@@H](NC(=O)C3CC(C)NC(=O)C3F)C2)c(C2CC2)c1. The Morgan fingerprint density at radius 3 is 2.60 bits per heavy atom. The molecule has 0 spiro atoms. The largest absolute Gasteiger partial charge is 0.378 e. The topological polar surface area (TPSA) is 91.0 Å². The molecule has 190 valence electrons. The van der Waals surface area contributed by atoms with Gasteiger partial charge in [-0.3, -0.25) is 14.4 Å². The molecule has 3 heterocycles. The Labute approximate surface area is 205 Å². The number of alkyl halides is 1. The van der Waals surface area contributed by atoms with Crippen molar-refractivity contribution in [3.8, 4) is 0 Å². The zero-order valence-corrected chi connectivity index (χ0v) is 20.5. The minimum atomic E-state index is -1.82. The van der Waals surface area contributed by atoms with E-state index in [0.29, 0.717) is 51.7 Å². The van der Waals surface area contributed by atoms with Crippen LogP contribution in [-0.2, 0) is 14.3 Å². The van der Waals surface area contributed by atoms with E-state index in [1.165, 1.54) is 5.56 Å². The maximum atomic E-state index is 14.5. The van der Waals surface area contributed by atoms with E-state index in [1.54, 1.807) is 6.92 Å². The average molecular weight is 487 g/mol. The summed E-state index contributed by atoms with van der Waals surface area (Å²) in [6.07, 6.45) is 1.42. The first-order chi connectivity index (χ1) is 16.8. The van der Waals surface area contributed by atoms with Crippen LogP contribution in [0, 0.1) is 12.8 Å². The van der Waals surface area contributed by atoms with Crippen LogP contribution in [0.25, 0.3) is 0 Å². The van der Waals surface area contributed by atoms with Crippen LogP contribution in [0.2, 0.25) is 0 Å². The van der Waals surface area contributed by atoms with Gasteiger partial charge in [-0.05, 0) is 62.6 Å². The molecular weight excluding hydrogens is 451 g/mol. The number of halogens is 1. The third kappa shape index (κ3) is 5.01. The van der Waals surface area contributed by atoms with Crippen molar-refractivity contribution in [1.82, 2.24) is 15.5 Å². The van der Waals surface area contributed by atoms with Gasteiger partial charge in [0.1, 0.15) is 0 Å². The Hall–Kier alpha value is -2.68. The average Bonchev–Trinajstić information content (AvgIpc) is 3.60. The predicted octanol–water partition coefficient (Wildman–Crippen LogP) is 1.90. The Kier molecular flexibility index (Phi) is 6.70. The number of anilines is 1. The minimum Gasteiger partial charge on any atom is -0.378 e. The fourth-order valence-electron chi connectivity index (χ4n) is 5.66. The molecule has 1 aromatic rings. The van der Waals surface area contributed by atoms with E-state index in [4.69, 9.17) is 4.74 Å². The van der Waals surface area contributed by atoms with Gasteiger partial charge in [0, 0.05) is 38.3 Å². The second-order valence-electron chi connectivity index (χ2n) is 10.5. The molecule has 3 saturated heterocycles. The highest BCUT2D eigenvalue weighted by Crippen LogP contribution is 2.47. The van der Waals surface area contributed by atoms with Crippen molar-refractivity contribution in [2.75, 3.05) is 44.3 Å². The lowest BCUT2D eigenvalue weighted by molar-refractivity contribution is -0.140. The van der Waals surface area contributed by atoms with Crippen LogP contribution in [0.3, 0.4) is 0 Å². The van der Waals surface area contributed by atoms with Crippen LogP contribution in [0.4, 0.5) is 10.1 Å². The number of nitrogens with zero attached hydrogens (tertiary/aromatic N) is 2. The smallest absolute Gasteiger partial charge is 0.256 e. The highest BCUT2D eigenvalue weighted by Gasteiger charge is 2.41. The van der Waals surface area contributed by atoms with Crippen molar-refractivity contribution in [2.24, 2.45) is 5.92 Å². The number of benzene rings is 1. The zero-order chi connectivity index (χ0) is 24.7. The molecule has 0 aromatic heterocycles. The molecule has 1 aromatic carbocycles. The van der Waals surface area contributed by atoms with Crippen molar-refractivity contribution >= 4 is 23.4 Å². The lowest BCUT2D eigenvalue weighted by atomic mass is 9.90. The van der Waals surface area contributed by atoms with E-state index in [-0.39, 0.29) is 24.4 Å². The van der Waals surface area contributed by atoms with Crippen LogP contribution >= 0.6 is 0 Å². The standard InChI is InChI=1S/C26H35FN4O4/c1-15-11-19(17-3-4-17)23(21(12-15)26(34)30-7-9-35-10-8-30)31-6-5-18(14-31)29-24(32)20-13-16(2)28-25(33)22(20)27/h11-12,16-18,20,22H,3-10,13-14H2,1-2H3,(H,28,33)(H,29,32)/t16?,18-,20?,22?/m1/s1. The molecule has 0 radical (unpaired) electrons. The van der Waals surface area contributed by atoms with Gasteiger partial charge in [0.25, 0.3) is 11.8 Å². The number of amides is 3. The number of carbonyl (C=O) groups excluding carboxylic acids is 3. The fraction of sp³-hybridized carbons (Fsp3) is 0.654. The molecule has 2 N–H and O–H groups in total. The predicted molar refractivity (Wildman–Crippen MR) is 129 cm³/mol. The first-order valence-corrected chi connectivity index (χ1v) is 12.8. The Morgan fingerprint density at radius 1 is 1.14 bits per heavy atom. The van der Waals surface area contributed by atoms with Gasteiger partial charge in [0.15, 0.2) is 6.17 Å². The summed E-state index contributed by atoms with van der Waals surface area (Å²) in [5.74, 6) is -1.58. The van der Waals surface area contributed by atoms with Crippen LogP contribution in [0.15, 0.2) is 12.1 Å². The lowest BCUT2D eigenvalue weighted by Crippen LogP contribution is -2.54. The number of piperidine rings is 1. The highest BCUT2D eigenvalue weighted by molar-refractivity contribution is 6.01. The van der Waals surface area contributed by atoms with E-state index in [2.05, 4.69) is 21.6 Å². The van der Waals surface area contributed by atoms with Gasteiger partial charge in [-0.2, -0.15) is 0 Å². The van der Waals surface area contributed by atoms with Crippen molar-refractivity contribution in [1.29, 1.82) is 0 Å². The molecule has 4 atom stereocenters. The van der Waals surface area contributed by atoms with Gasteiger partial charge < -0.3 is 25.2 Å². The summed E-state index contributed by atoms with van der Waals surface area (Å²) in [7, 11) is 0. The summed E-state index contributed by atoms with van der Waals surface area (Å²) < 4.78 is 19.9. The Morgan fingerprint density at radius 2 is 1.89 bits per heavy atom. The third-order valence-corrected chi connectivity index (χ3v) is 7.62. The Bertz CT molecular complexity index is 1010. The van der Waals surface area contributed by atoms with E-state index in [9.17, 15) is 18.8 Å². The summed E-state index contributed by atoms with van der Waals surface area (Å²) in [5, 5.41) is 5.56. The van der Waals surface area contributed by atoms with Crippen molar-refractivity contribution in [3.63, 3.8) is 0 Å². The van der Waals surface area contributed by atoms with Gasteiger partial charge >= 0.3 is 0 Å². The van der Waals surface area contributed by atoms with Crippen molar-refractivity contribution in [2.45, 2.75) is 63.7 Å². The number of rotatable bonds is 5. The number of hydrogen-bond acceptors (Lipinski definition) is 5. The first-order valence-electron chi connectivity index (χ1n) is 12.8. The van der Waals surface area contributed by atoms with E-state index < -0.39 is 23.9 Å². The molecule has 9 heteroatoms. The van der Waals surface area contributed by atoms with E-state index in [0.717, 1.165) is 29.7 Å². The molecule has 5 rings (SSSR count). The number of hydrogen-bond donors (Lipinski definition) is 2. The number of morpholine rings is 1. The maximum absolute atomic E-state index is 14.5. The number of aryl methyl sites for hydroxylation is 1. The molecule has 35 heavy (non-hydrogen) atoms. The van der Waals surface area contributed by atoms with Crippen LogP contribution in [-0.4, -0.2) is 80.3 Å². The maximum Gasteiger partial charge on any atom is 0.256 e. The lowest BCUT2D eigenvalue weighted by Gasteiger charge is -2.31. The zero-order valence-electron chi connectivity index (χ0n) is 20.5. The van der Waals surface area contributed by atoms with E-state index >= 15 is 0 Å². The molecule has 4 fully saturated rings. The van der Waals surface area contributed by atoms with Crippen molar-refractivity contribution < 1.29 is 23.5 Å². The molecular formula is C26H35FN4O4. The summed E-state index contributed by atoms with van der Waals surface area (Å²) >= 11 is 0.